The number of rotatable bonds is 2. The predicted molar refractivity (Wildman–Crippen MR) is 101 cm³/mol. The fraction of sp³-hybridized carbons (Fsp3) is 0.250. The van der Waals surface area contributed by atoms with Crippen molar-refractivity contribution in [3.63, 3.8) is 0 Å². The van der Waals surface area contributed by atoms with Gasteiger partial charge in [0.05, 0.1) is 42.9 Å². The van der Waals surface area contributed by atoms with Crippen LogP contribution in [0.3, 0.4) is 0 Å². The van der Waals surface area contributed by atoms with Gasteiger partial charge in [0.25, 0.3) is 0 Å². The highest BCUT2D eigenvalue weighted by Crippen LogP contribution is 2.31. The molecule has 1 unspecified atom stereocenters. The van der Waals surface area contributed by atoms with E-state index in [9.17, 15) is 18.0 Å². The Morgan fingerprint density at radius 1 is 1.14 bits per heavy atom. The summed E-state index contributed by atoms with van der Waals surface area (Å²) in [5.74, 6) is -2.01. The van der Waals surface area contributed by atoms with Crippen molar-refractivity contribution in [3.05, 3.63) is 65.5 Å². The molecule has 3 aromatic rings. The number of carbonyl (C=O) groups is 1. The number of halogens is 3. The maximum absolute atomic E-state index is 14.3. The Kier molecular flexibility index (Phi) is 4.73. The molecule has 0 saturated heterocycles. The Bertz CT molecular complexity index is 1100. The number of nitrogens with one attached hydrogen (secondary N) is 1. The molecule has 1 aliphatic rings. The Morgan fingerprint density at radius 2 is 1.93 bits per heavy atom. The van der Waals surface area contributed by atoms with E-state index in [0.29, 0.717) is 23.5 Å². The number of aryl methyl sites for hydroxylation is 1. The molecule has 4 rings (SSSR count). The first kappa shape index (κ1) is 19.0. The highest BCUT2D eigenvalue weighted by atomic mass is 19.1. The van der Waals surface area contributed by atoms with Gasteiger partial charge in [-0.1, -0.05) is 0 Å². The van der Waals surface area contributed by atoms with Gasteiger partial charge in [0.1, 0.15) is 11.6 Å². The van der Waals surface area contributed by atoms with Gasteiger partial charge in [0.15, 0.2) is 5.82 Å². The zero-order valence-electron chi connectivity index (χ0n) is 15.8. The van der Waals surface area contributed by atoms with Crippen molar-refractivity contribution in [1.29, 1.82) is 0 Å². The number of fused-ring (bicyclic) bond motifs is 1. The van der Waals surface area contributed by atoms with Crippen LogP contribution in [0.5, 0.6) is 0 Å². The quantitative estimate of drug-likeness (QED) is 0.703. The molecule has 1 aromatic carbocycles. The molecule has 6 nitrogen and oxygen atoms in total. The zero-order valence-corrected chi connectivity index (χ0v) is 15.8. The minimum absolute atomic E-state index is 0.0404. The van der Waals surface area contributed by atoms with E-state index < -0.39 is 23.5 Å². The summed E-state index contributed by atoms with van der Waals surface area (Å²) in [4.78, 5) is 18.2. The third-order valence-corrected chi connectivity index (χ3v) is 4.95. The van der Waals surface area contributed by atoms with Crippen LogP contribution >= 0.6 is 0 Å². The normalized spacial score (nSPS) is 15.9. The highest BCUT2D eigenvalue weighted by molar-refractivity contribution is 5.90. The molecule has 0 saturated carbocycles. The van der Waals surface area contributed by atoms with Crippen LogP contribution in [0.4, 0.5) is 23.7 Å². The van der Waals surface area contributed by atoms with E-state index in [2.05, 4.69) is 15.4 Å². The van der Waals surface area contributed by atoms with Crippen LogP contribution in [0.15, 0.2) is 36.7 Å². The molecule has 2 amide bonds. The summed E-state index contributed by atoms with van der Waals surface area (Å²) < 4.78 is 43.2. The zero-order chi connectivity index (χ0) is 20.7. The van der Waals surface area contributed by atoms with E-state index in [1.165, 1.54) is 29.3 Å². The van der Waals surface area contributed by atoms with Crippen LogP contribution in [0.2, 0.25) is 0 Å². The lowest BCUT2D eigenvalue weighted by Crippen LogP contribution is -2.47. The highest BCUT2D eigenvalue weighted by Gasteiger charge is 2.30. The average Bonchev–Trinajstić information content (AvgIpc) is 3.06. The number of aromatic nitrogens is 3. The number of urea groups is 1. The second-order valence-corrected chi connectivity index (χ2v) is 7.02. The summed E-state index contributed by atoms with van der Waals surface area (Å²) in [7, 11) is 0. The van der Waals surface area contributed by atoms with Gasteiger partial charge in [-0.25, -0.2) is 18.0 Å². The second kappa shape index (κ2) is 7.23. The molecular weight excluding hydrogens is 383 g/mol. The summed E-state index contributed by atoms with van der Waals surface area (Å²) in [6.07, 6.45) is 2.56. The van der Waals surface area contributed by atoms with Gasteiger partial charge in [-0.3, -0.25) is 9.67 Å². The summed E-state index contributed by atoms with van der Waals surface area (Å²) >= 11 is 0. The molecule has 9 heteroatoms. The molecule has 0 bridgehead atoms. The van der Waals surface area contributed by atoms with Crippen LogP contribution in [0, 0.1) is 24.4 Å². The summed E-state index contributed by atoms with van der Waals surface area (Å²) in [5.41, 5.74) is 1.92. The second-order valence-electron chi connectivity index (χ2n) is 7.02. The SMILES string of the molecule is Cc1cc(NC(=O)N2Cc3c(-c4ccc(F)cc4F)cnn3CC2C)c(F)cn1. The number of anilines is 1. The van der Waals surface area contributed by atoms with E-state index in [1.807, 2.05) is 6.92 Å². The Labute approximate surface area is 165 Å². The first-order valence-corrected chi connectivity index (χ1v) is 9.03. The van der Waals surface area contributed by atoms with E-state index in [-0.39, 0.29) is 23.8 Å². The van der Waals surface area contributed by atoms with E-state index in [4.69, 9.17) is 0 Å². The fourth-order valence-electron chi connectivity index (χ4n) is 3.43. The van der Waals surface area contributed by atoms with Crippen molar-refractivity contribution in [2.75, 3.05) is 5.32 Å². The van der Waals surface area contributed by atoms with Crippen molar-refractivity contribution < 1.29 is 18.0 Å². The third-order valence-electron chi connectivity index (χ3n) is 4.95. The van der Waals surface area contributed by atoms with Crippen LogP contribution in [-0.4, -0.2) is 31.7 Å². The molecule has 1 N–H and O–H groups in total. The largest absolute Gasteiger partial charge is 0.322 e. The minimum atomic E-state index is -0.704. The van der Waals surface area contributed by atoms with Crippen molar-refractivity contribution in [3.8, 4) is 11.1 Å². The standard InChI is InChI=1S/C20H18F3N5O/c1-11-5-18(17(23)8-24-11)26-20(29)27-10-19-15(7-25-28(19)9-12(27)2)14-4-3-13(21)6-16(14)22/h3-8,12H,9-10H2,1-2H3,(H,24,26,29). The molecule has 1 atom stereocenters. The molecular formula is C20H18F3N5O. The van der Waals surface area contributed by atoms with Crippen molar-refractivity contribution in [2.45, 2.75) is 33.0 Å². The van der Waals surface area contributed by atoms with Crippen LogP contribution in [-0.2, 0) is 13.1 Å². The van der Waals surface area contributed by atoms with Gasteiger partial charge in [-0.05, 0) is 32.0 Å². The molecule has 0 aliphatic carbocycles. The maximum atomic E-state index is 14.3. The lowest BCUT2D eigenvalue weighted by molar-refractivity contribution is 0.161. The average molecular weight is 401 g/mol. The van der Waals surface area contributed by atoms with E-state index in [1.54, 1.807) is 11.6 Å². The van der Waals surface area contributed by atoms with Crippen LogP contribution in [0.25, 0.3) is 11.1 Å². The number of benzene rings is 1. The third kappa shape index (κ3) is 3.55. The lowest BCUT2D eigenvalue weighted by atomic mass is 10.0. The van der Waals surface area contributed by atoms with Crippen molar-refractivity contribution in [2.24, 2.45) is 0 Å². The molecule has 0 fully saturated rings. The smallest absolute Gasteiger partial charge is 0.314 e. The maximum Gasteiger partial charge on any atom is 0.322 e. The number of nitrogens with zero attached hydrogens (tertiary/aromatic N) is 4. The monoisotopic (exact) mass is 401 g/mol. The van der Waals surface area contributed by atoms with Gasteiger partial charge in [-0.15, -0.1) is 0 Å². The molecule has 0 radical (unpaired) electrons. The lowest BCUT2D eigenvalue weighted by Gasteiger charge is -2.34. The Hall–Kier alpha value is -3.36. The predicted octanol–water partition coefficient (Wildman–Crippen LogP) is 4.11. The topological polar surface area (TPSA) is 63.1 Å². The molecule has 150 valence electrons. The molecule has 29 heavy (non-hydrogen) atoms. The Balaban J connectivity index is 1.63. The van der Waals surface area contributed by atoms with Crippen molar-refractivity contribution >= 4 is 11.7 Å². The summed E-state index contributed by atoms with van der Waals surface area (Å²) in [5, 5.41) is 6.85. The number of hydrogen-bond acceptors (Lipinski definition) is 3. The molecule has 0 spiro atoms. The molecule has 3 heterocycles. The molecule has 2 aromatic heterocycles. The van der Waals surface area contributed by atoms with Crippen LogP contribution in [0.1, 0.15) is 18.3 Å². The number of hydrogen-bond donors (Lipinski definition) is 1. The number of amides is 2. The first-order chi connectivity index (χ1) is 13.8. The van der Waals surface area contributed by atoms with Gasteiger partial charge >= 0.3 is 6.03 Å². The Morgan fingerprint density at radius 3 is 2.69 bits per heavy atom. The van der Waals surface area contributed by atoms with Gasteiger partial charge in [0.2, 0.25) is 0 Å². The number of pyridine rings is 1. The summed E-state index contributed by atoms with van der Waals surface area (Å²) in [6.45, 7) is 4.07. The van der Waals surface area contributed by atoms with Gasteiger partial charge < -0.3 is 10.2 Å². The van der Waals surface area contributed by atoms with Gasteiger partial charge in [-0.2, -0.15) is 5.10 Å². The minimum Gasteiger partial charge on any atom is -0.314 e. The van der Waals surface area contributed by atoms with E-state index in [0.717, 1.165) is 12.3 Å². The summed E-state index contributed by atoms with van der Waals surface area (Å²) in [6, 6.07) is 4.07. The van der Waals surface area contributed by atoms with Crippen LogP contribution < -0.4 is 5.32 Å². The van der Waals surface area contributed by atoms with E-state index >= 15 is 0 Å². The first-order valence-electron chi connectivity index (χ1n) is 9.03. The van der Waals surface area contributed by atoms with Crippen molar-refractivity contribution in [1.82, 2.24) is 19.7 Å². The molecule has 1 aliphatic heterocycles. The number of carbonyl (C=O) groups excluding carboxylic acids is 1. The fourth-order valence-corrected chi connectivity index (χ4v) is 3.43. The van der Waals surface area contributed by atoms with Gasteiger partial charge in [0, 0.05) is 22.9 Å².